The number of hydrogen-bond donors (Lipinski definition) is 2. The Kier molecular flexibility index (Phi) is 7.95. The molecule has 0 amide bonds. The van der Waals surface area contributed by atoms with Gasteiger partial charge >= 0.3 is 0 Å². The van der Waals surface area contributed by atoms with Gasteiger partial charge in [0.15, 0.2) is 0 Å². The molecule has 0 aliphatic heterocycles. The predicted octanol–water partition coefficient (Wildman–Crippen LogP) is 2.26. The average molecular weight is 290 g/mol. The molecule has 0 aromatic heterocycles. The highest BCUT2D eigenvalue weighted by Crippen LogP contribution is 2.18. The molecule has 0 heterocycles. The number of unbranched alkanes of at least 4 members (excludes halogenated alkanes) is 3. The molecule has 0 aromatic carbocycles. The van der Waals surface area contributed by atoms with Crippen molar-refractivity contribution >= 4 is 10.0 Å². The van der Waals surface area contributed by atoms with Crippen molar-refractivity contribution in [3.05, 3.63) is 0 Å². The Morgan fingerprint density at radius 1 is 1.05 bits per heavy atom. The summed E-state index contributed by atoms with van der Waals surface area (Å²) in [6, 6.07) is 0.580. The zero-order chi connectivity index (χ0) is 14.1. The van der Waals surface area contributed by atoms with Gasteiger partial charge in [-0.1, -0.05) is 39.5 Å². The quantitative estimate of drug-likeness (QED) is 0.542. The molecule has 4 nitrogen and oxygen atoms in total. The zero-order valence-electron chi connectivity index (χ0n) is 12.5. The van der Waals surface area contributed by atoms with Gasteiger partial charge in [-0.15, -0.1) is 0 Å². The van der Waals surface area contributed by atoms with Gasteiger partial charge in [0.2, 0.25) is 10.0 Å². The van der Waals surface area contributed by atoms with Crippen LogP contribution in [0.5, 0.6) is 0 Å². The molecule has 1 rings (SSSR count). The van der Waals surface area contributed by atoms with Crippen LogP contribution in [0.3, 0.4) is 0 Å². The van der Waals surface area contributed by atoms with Crippen LogP contribution in [0.1, 0.15) is 58.8 Å². The summed E-state index contributed by atoms with van der Waals surface area (Å²) in [5, 5.41) is 3.22. The second-order valence-corrected chi connectivity index (χ2v) is 7.96. The minimum Gasteiger partial charge on any atom is -0.313 e. The maximum atomic E-state index is 11.7. The Morgan fingerprint density at radius 3 is 2.37 bits per heavy atom. The SMILES string of the molecule is CC(C)CCCCCCNS(=O)(=O)CCNC1CC1. The van der Waals surface area contributed by atoms with Gasteiger partial charge in [0.1, 0.15) is 0 Å². The second kappa shape index (κ2) is 8.93. The summed E-state index contributed by atoms with van der Waals surface area (Å²) < 4.78 is 26.0. The normalized spacial score (nSPS) is 16.2. The lowest BCUT2D eigenvalue weighted by molar-refractivity contribution is 0.517. The molecule has 114 valence electrons. The second-order valence-electron chi connectivity index (χ2n) is 6.04. The summed E-state index contributed by atoms with van der Waals surface area (Å²) >= 11 is 0. The van der Waals surface area contributed by atoms with E-state index in [0.29, 0.717) is 19.1 Å². The minimum absolute atomic E-state index is 0.205. The highest BCUT2D eigenvalue weighted by molar-refractivity contribution is 7.89. The summed E-state index contributed by atoms with van der Waals surface area (Å²) in [5.74, 6) is 0.981. The van der Waals surface area contributed by atoms with Gasteiger partial charge < -0.3 is 5.32 Å². The fourth-order valence-electron chi connectivity index (χ4n) is 2.02. The zero-order valence-corrected chi connectivity index (χ0v) is 13.3. The minimum atomic E-state index is -3.07. The van der Waals surface area contributed by atoms with Crippen LogP contribution >= 0.6 is 0 Å². The summed E-state index contributed by atoms with van der Waals surface area (Å²) in [7, 11) is -3.07. The molecule has 0 radical (unpaired) electrons. The monoisotopic (exact) mass is 290 g/mol. The van der Waals surface area contributed by atoms with E-state index in [1.165, 1.54) is 32.1 Å². The van der Waals surface area contributed by atoms with Crippen LogP contribution in [-0.2, 0) is 10.0 Å². The highest BCUT2D eigenvalue weighted by Gasteiger charge is 2.20. The largest absolute Gasteiger partial charge is 0.313 e. The Hall–Kier alpha value is -0.130. The van der Waals surface area contributed by atoms with Crippen LogP contribution in [0.15, 0.2) is 0 Å². The van der Waals surface area contributed by atoms with E-state index in [1.54, 1.807) is 0 Å². The van der Waals surface area contributed by atoms with Crippen molar-refractivity contribution < 1.29 is 8.42 Å². The molecule has 0 saturated heterocycles. The lowest BCUT2D eigenvalue weighted by atomic mass is 10.0. The number of rotatable bonds is 12. The van der Waals surface area contributed by atoms with Crippen molar-refractivity contribution in [3.8, 4) is 0 Å². The lowest BCUT2D eigenvalue weighted by Gasteiger charge is -2.07. The van der Waals surface area contributed by atoms with E-state index < -0.39 is 10.0 Å². The van der Waals surface area contributed by atoms with Gasteiger partial charge in [0.05, 0.1) is 5.75 Å². The molecular formula is C14H30N2O2S. The molecule has 0 aromatic rings. The van der Waals surface area contributed by atoms with Gasteiger partial charge in [-0.2, -0.15) is 0 Å². The molecule has 5 heteroatoms. The average Bonchev–Trinajstić information content (AvgIpc) is 3.11. The third kappa shape index (κ3) is 10.3. The van der Waals surface area contributed by atoms with E-state index >= 15 is 0 Å². The van der Waals surface area contributed by atoms with Crippen LogP contribution in [0.2, 0.25) is 0 Å². The number of hydrogen-bond acceptors (Lipinski definition) is 3. The molecule has 0 bridgehead atoms. The van der Waals surface area contributed by atoms with E-state index in [0.717, 1.165) is 18.8 Å². The van der Waals surface area contributed by atoms with Gasteiger partial charge in [0.25, 0.3) is 0 Å². The molecule has 2 N–H and O–H groups in total. The first kappa shape index (κ1) is 16.9. The molecule has 0 atom stereocenters. The van der Waals surface area contributed by atoms with Crippen molar-refractivity contribution in [3.63, 3.8) is 0 Å². The van der Waals surface area contributed by atoms with Crippen LogP contribution in [0.4, 0.5) is 0 Å². The fourth-order valence-corrected chi connectivity index (χ4v) is 3.00. The van der Waals surface area contributed by atoms with Crippen molar-refractivity contribution in [1.82, 2.24) is 10.0 Å². The topological polar surface area (TPSA) is 58.2 Å². The van der Waals surface area contributed by atoms with Crippen molar-refractivity contribution in [2.75, 3.05) is 18.8 Å². The van der Waals surface area contributed by atoms with Crippen molar-refractivity contribution in [1.29, 1.82) is 0 Å². The fraction of sp³-hybridized carbons (Fsp3) is 1.00. The third-order valence-electron chi connectivity index (χ3n) is 3.41. The Bertz CT molecular complexity index is 324. The van der Waals surface area contributed by atoms with Crippen molar-refractivity contribution in [2.24, 2.45) is 5.92 Å². The molecule has 19 heavy (non-hydrogen) atoms. The maximum absolute atomic E-state index is 11.7. The summed E-state index contributed by atoms with van der Waals surface area (Å²) in [6.07, 6.45) is 8.22. The first-order valence-electron chi connectivity index (χ1n) is 7.70. The Balaban J connectivity index is 1.91. The third-order valence-corrected chi connectivity index (χ3v) is 4.80. The first-order valence-corrected chi connectivity index (χ1v) is 9.35. The van der Waals surface area contributed by atoms with Gasteiger partial charge in [0, 0.05) is 19.1 Å². The van der Waals surface area contributed by atoms with E-state index in [9.17, 15) is 8.42 Å². The standard InChI is InChI=1S/C14H30N2O2S/c1-13(2)7-5-3-4-6-10-16-19(17,18)12-11-15-14-8-9-14/h13-16H,3-12H2,1-2H3. The number of nitrogens with one attached hydrogen (secondary N) is 2. The van der Waals surface area contributed by atoms with Gasteiger partial charge in [-0.25, -0.2) is 13.1 Å². The van der Waals surface area contributed by atoms with Crippen LogP contribution in [0, 0.1) is 5.92 Å². The first-order chi connectivity index (χ1) is 8.99. The van der Waals surface area contributed by atoms with Gasteiger partial charge in [-0.05, 0) is 25.2 Å². The highest BCUT2D eigenvalue weighted by atomic mass is 32.2. The van der Waals surface area contributed by atoms with Crippen LogP contribution < -0.4 is 10.0 Å². The molecular weight excluding hydrogens is 260 g/mol. The molecule has 1 fully saturated rings. The van der Waals surface area contributed by atoms with E-state index in [4.69, 9.17) is 0 Å². The van der Waals surface area contributed by atoms with E-state index in [2.05, 4.69) is 23.9 Å². The molecule has 0 unspecified atom stereocenters. The molecule has 0 spiro atoms. The molecule has 1 aliphatic carbocycles. The maximum Gasteiger partial charge on any atom is 0.212 e. The van der Waals surface area contributed by atoms with Crippen LogP contribution in [0.25, 0.3) is 0 Å². The summed E-state index contributed by atoms with van der Waals surface area (Å²) in [4.78, 5) is 0. The van der Waals surface area contributed by atoms with Crippen molar-refractivity contribution in [2.45, 2.75) is 64.8 Å². The van der Waals surface area contributed by atoms with Crippen LogP contribution in [-0.4, -0.2) is 33.3 Å². The predicted molar refractivity (Wildman–Crippen MR) is 80.7 cm³/mol. The molecule has 1 saturated carbocycles. The molecule has 1 aliphatic rings. The summed E-state index contributed by atoms with van der Waals surface area (Å²) in [6.45, 7) is 5.65. The Labute approximate surface area is 118 Å². The summed E-state index contributed by atoms with van der Waals surface area (Å²) in [5.41, 5.74) is 0. The lowest BCUT2D eigenvalue weighted by Crippen LogP contribution is -2.33. The van der Waals surface area contributed by atoms with Gasteiger partial charge in [-0.3, -0.25) is 0 Å². The Morgan fingerprint density at radius 2 is 1.74 bits per heavy atom. The smallest absolute Gasteiger partial charge is 0.212 e. The van der Waals surface area contributed by atoms with E-state index in [1.807, 2.05) is 0 Å². The number of sulfonamides is 1. The van der Waals surface area contributed by atoms with E-state index in [-0.39, 0.29) is 5.75 Å².